The van der Waals surface area contributed by atoms with Crippen LogP contribution < -0.4 is 4.90 Å². The summed E-state index contributed by atoms with van der Waals surface area (Å²) < 4.78 is 0. The quantitative estimate of drug-likeness (QED) is 0.746. The zero-order valence-electron chi connectivity index (χ0n) is 15.3. The second kappa shape index (κ2) is 4.66. The molecule has 0 fully saturated rings. The van der Waals surface area contributed by atoms with Crippen molar-refractivity contribution in [3.05, 3.63) is 53.6 Å². The highest BCUT2D eigenvalue weighted by Crippen LogP contribution is 2.61. The van der Waals surface area contributed by atoms with Crippen molar-refractivity contribution in [1.82, 2.24) is 0 Å². The van der Waals surface area contributed by atoms with Crippen LogP contribution in [0.25, 0.3) is 11.1 Å². The van der Waals surface area contributed by atoms with Gasteiger partial charge in [-0.2, -0.15) is 0 Å². The van der Waals surface area contributed by atoms with Crippen LogP contribution in [0.2, 0.25) is 0 Å². The van der Waals surface area contributed by atoms with Crippen molar-refractivity contribution >= 4 is 11.5 Å². The van der Waals surface area contributed by atoms with Gasteiger partial charge in [-0.15, -0.1) is 0 Å². The van der Waals surface area contributed by atoms with E-state index in [1.807, 2.05) is 0 Å². The molecule has 0 aliphatic carbocycles. The van der Waals surface area contributed by atoms with Crippen LogP contribution in [0.4, 0.5) is 5.69 Å². The number of amidine groups is 1. The molecule has 3 aliphatic rings. The lowest BCUT2D eigenvalue weighted by molar-refractivity contribution is -0.0611. The fourth-order valence-corrected chi connectivity index (χ4v) is 5.22. The first-order valence-electron chi connectivity index (χ1n) is 9.33. The van der Waals surface area contributed by atoms with Crippen LogP contribution in [-0.4, -0.2) is 12.1 Å². The van der Waals surface area contributed by atoms with E-state index < -0.39 is 0 Å². The molecule has 0 saturated heterocycles. The number of anilines is 1. The topological polar surface area (TPSA) is 24.8 Å². The van der Waals surface area contributed by atoms with E-state index in [0.29, 0.717) is 0 Å². The van der Waals surface area contributed by atoms with Gasteiger partial charge in [-0.05, 0) is 24.0 Å². The standard InChI is InChI=1S/C22H24N2O/c1-5-21(3)17-13-9-12-15-14-10-7-8-11-16(14)19-23-25-20(22(21,4)6-2)24(19)18(15)17/h7-13,20H,5-6H2,1-4H3. The number of oxime groups is 1. The Bertz CT molecular complexity index is 918. The Labute approximate surface area is 149 Å². The minimum Gasteiger partial charge on any atom is -0.367 e. The number of hydrogen-bond donors (Lipinski definition) is 0. The minimum atomic E-state index is -0.0422. The van der Waals surface area contributed by atoms with Gasteiger partial charge < -0.3 is 4.84 Å². The molecule has 3 heterocycles. The number of rotatable bonds is 2. The molecule has 3 unspecified atom stereocenters. The zero-order valence-corrected chi connectivity index (χ0v) is 15.3. The summed E-state index contributed by atoms with van der Waals surface area (Å²) in [6.45, 7) is 9.36. The molecule has 0 amide bonds. The maximum Gasteiger partial charge on any atom is 0.211 e. The van der Waals surface area contributed by atoms with Crippen LogP contribution in [0.15, 0.2) is 47.6 Å². The molecule has 3 heteroatoms. The van der Waals surface area contributed by atoms with Gasteiger partial charge in [0.1, 0.15) is 0 Å². The molecule has 0 N–H and O–H groups in total. The summed E-state index contributed by atoms with van der Waals surface area (Å²) in [6.07, 6.45) is 2.09. The molecule has 0 saturated carbocycles. The van der Waals surface area contributed by atoms with Crippen molar-refractivity contribution in [2.45, 2.75) is 52.2 Å². The summed E-state index contributed by atoms with van der Waals surface area (Å²) >= 11 is 0. The van der Waals surface area contributed by atoms with E-state index in [1.54, 1.807) is 0 Å². The van der Waals surface area contributed by atoms with Gasteiger partial charge in [0.2, 0.25) is 6.23 Å². The monoisotopic (exact) mass is 332 g/mol. The van der Waals surface area contributed by atoms with Crippen molar-refractivity contribution in [2.24, 2.45) is 10.6 Å². The number of benzene rings is 2. The molecule has 0 bridgehead atoms. The van der Waals surface area contributed by atoms with Gasteiger partial charge >= 0.3 is 0 Å². The number of hydrogen-bond acceptors (Lipinski definition) is 3. The molecule has 5 rings (SSSR count). The van der Waals surface area contributed by atoms with Gasteiger partial charge in [-0.1, -0.05) is 75.3 Å². The first kappa shape index (κ1) is 15.0. The van der Waals surface area contributed by atoms with E-state index in [2.05, 4.69) is 80.2 Å². The summed E-state index contributed by atoms with van der Waals surface area (Å²) in [6, 6.07) is 15.3. The number of para-hydroxylation sites is 1. The highest BCUT2D eigenvalue weighted by molar-refractivity contribution is 6.20. The first-order valence-corrected chi connectivity index (χ1v) is 9.33. The molecule has 0 spiro atoms. The van der Waals surface area contributed by atoms with Crippen LogP contribution >= 0.6 is 0 Å². The van der Waals surface area contributed by atoms with E-state index in [1.165, 1.54) is 27.9 Å². The first-order chi connectivity index (χ1) is 12.1. The van der Waals surface area contributed by atoms with Crippen LogP contribution in [0.3, 0.4) is 0 Å². The Morgan fingerprint density at radius 3 is 2.40 bits per heavy atom. The van der Waals surface area contributed by atoms with Gasteiger partial charge in [-0.3, -0.25) is 4.90 Å². The van der Waals surface area contributed by atoms with Crippen LogP contribution in [0, 0.1) is 5.41 Å². The van der Waals surface area contributed by atoms with E-state index in [0.717, 1.165) is 18.7 Å². The van der Waals surface area contributed by atoms with Crippen LogP contribution in [-0.2, 0) is 10.3 Å². The summed E-state index contributed by atoms with van der Waals surface area (Å²) in [5, 5.41) is 4.57. The number of fused-ring (bicyclic) bond motifs is 3. The van der Waals surface area contributed by atoms with E-state index in [9.17, 15) is 0 Å². The van der Waals surface area contributed by atoms with Crippen LogP contribution in [0.5, 0.6) is 0 Å². The number of nitrogens with zero attached hydrogens (tertiary/aromatic N) is 2. The van der Waals surface area contributed by atoms with Crippen molar-refractivity contribution in [1.29, 1.82) is 0 Å². The Hall–Kier alpha value is -2.29. The van der Waals surface area contributed by atoms with Gasteiger partial charge in [0.25, 0.3) is 0 Å². The molecule has 0 aromatic heterocycles. The highest BCUT2D eigenvalue weighted by atomic mass is 16.7. The lowest BCUT2D eigenvalue weighted by Crippen LogP contribution is -2.60. The molecule has 2 aromatic rings. The molecular weight excluding hydrogens is 308 g/mol. The van der Waals surface area contributed by atoms with Crippen molar-refractivity contribution in [3.63, 3.8) is 0 Å². The summed E-state index contributed by atoms with van der Waals surface area (Å²) in [4.78, 5) is 8.49. The third-order valence-corrected chi connectivity index (χ3v) is 7.28. The van der Waals surface area contributed by atoms with Gasteiger partial charge in [0.05, 0.1) is 5.69 Å². The van der Waals surface area contributed by atoms with Gasteiger partial charge in [-0.25, -0.2) is 0 Å². The SMILES string of the molecule is CCC1(C)c2cccc3c2N2C(=NOC2C1(C)CC)c1ccccc1-3. The average molecular weight is 332 g/mol. The normalized spacial score (nSPS) is 31.1. The molecule has 25 heavy (non-hydrogen) atoms. The molecule has 3 atom stereocenters. The summed E-state index contributed by atoms with van der Waals surface area (Å²) in [5.41, 5.74) is 6.51. The smallest absolute Gasteiger partial charge is 0.211 e. The van der Waals surface area contributed by atoms with E-state index in [-0.39, 0.29) is 17.1 Å². The second-order valence-electron chi connectivity index (χ2n) is 7.95. The fraction of sp³-hybridized carbons (Fsp3) is 0.409. The lowest BCUT2D eigenvalue weighted by atomic mass is 9.55. The predicted molar refractivity (Wildman–Crippen MR) is 102 cm³/mol. The molecule has 128 valence electrons. The highest BCUT2D eigenvalue weighted by Gasteiger charge is 2.61. The maximum atomic E-state index is 6.13. The third-order valence-electron chi connectivity index (χ3n) is 7.28. The Morgan fingerprint density at radius 1 is 0.960 bits per heavy atom. The maximum absolute atomic E-state index is 6.13. The minimum absolute atomic E-state index is 0.00902. The third kappa shape index (κ3) is 1.51. The second-order valence-corrected chi connectivity index (χ2v) is 7.95. The van der Waals surface area contributed by atoms with Crippen molar-refractivity contribution in [3.8, 4) is 11.1 Å². The van der Waals surface area contributed by atoms with E-state index >= 15 is 0 Å². The largest absolute Gasteiger partial charge is 0.367 e. The average Bonchev–Trinajstić information content (AvgIpc) is 3.12. The van der Waals surface area contributed by atoms with Gasteiger partial charge in [0.15, 0.2) is 5.84 Å². The molecule has 0 radical (unpaired) electrons. The lowest BCUT2D eigenvalue weighted by Gasteiger charge is -2.56. The van der Waals surface area contributed by atoms with Gasteiger partial charge in [0, 0.05) is 22.0 Å². The van der Waals surface area contributed by atoms with Crippen molar-refractivity contribution in [2.75, 3.05) is 4.90 Å². The van der Waals surface area contributed by atoms with Crippen molar-refractivity contribution < 1.29 is 4.84 Å². The zero-order chi connectivity index (χ0) is 17.4. The Balaban J connectivity index is 1.91. The molecule has 2 aromatic carbocycles. The Morgan fingerprint density at radius 2 is 1.68 bits per heavy atom. The molecular formula is C22H24N2O. The fourth-order valence-electron chi connectivity index (χ4n) is 5.22. The molecule has 3 aliphatic heterocycles. The van der Waals surface area contributed by atoms with E-state index in [4.69, 9.17) is 4.84 Å². The summed E-state index contributed by atoms with van der Waals surface area (Å²) in [7, 11) is 0. The molecule has 3 nitrogen and oxygen atoms in total. The summed E-state index contributed by atoms with van der Waals surface area (Å²) in [5.74, 6) is 0.971. The predicted octanol–water partition coefficient (Wildman–Crippen LogP) is 5.29. The van der Waals surface area contributed by atoms with Crippen LogP contribution in [0.1, 0.15) is 51.7 Å². The Kier molecular flexibility index (Phi) is 2.80.